The van der Waals surface area contributed by atoms with Crippen molar-refractivity contribution in [1.82, 2.24) is 0 Å². The summed E-state index contributed by atoms with van der Waals surface area (Å²) in [5.74, 6) is 0.948. The van der Waals surface area contributed by atoms with E-state index in [-0.39, 0.29) is 0 Å². The van der Waals surface area contributed by atoms with Crippen LogP contribution in [0.15, 0.2) is 24.3 Å². The van der Waals surface area contributed by atoms with E-state index in [1.165, 1.54) is 11.3 Å². The first-order valence-electron chi connectivity index (χ1n) is 5.40. The average molecular weight is 203 g/mol. The first-order chi connectivity index (χ1) is 7.22. The van der Waals surface area contributed by atoms with Crippen molar-refractivity contribution in [2.45, 2.75) is 19.9 Å². The van der Waals surface area contributed by atoms with Gasteiger partial charge in [-0.3, -0.25) is 0 Å². The van der Waals surface area contributed by atoms with Crippen LogP contribution in [0, 0.1) is 0 Å². The minimum atomic E-state index is 0.468. The number of likely N-dealkylation sites (N-methyl/N-ethyl adjacent to an activating group) is 1. The molecule has 1 aromatic carbocycles. The number of nitrogens with zero attached hydrogens (tertiary/aromatic N) is 1. The summed E-state index contributed by atoms with van der Waals surface area (Å²) in [6, 6.07) is 6.72. The van der Waals surface area contributed by atoms with Crippen LogP contribution in [-0.2, 0) is 0 Å². The largest absolute Gasteiger partial charge is 0.494 e. The van der Waals surface area contributed by atoms with Crippen molar-refractivity contribution in [2.24, 2.45) is 0 Å². The van der Waals surface area contributed by atoms with E-state index in [0.29, 0.717) is 6.04 Å². The predicted octanol–water partition coefficient (Wildman–Crippen LogP) is 2.94. The van der Waals surface area contributed by atoms with E-state index in [4.69, 9.17) is 4.74 Å². The molecule has 0 amide bonds. The lowest BCUT2D eigenvalue weighted by Gasteiger charge is -2.30. The van der Waals surface area contributed by atoms with Gasteiger partial charge in [0.1, 0.15) is 5.75 Å². The van der Waals surface area contributed by atoms with E-state index in [0.717, 1.165) is 12.4 Å². The SMILES string of the molecule is CCOc1ccc2c(c1)C=CC(C)N2C. The summed E-state index contributed by atoms with van der Waals surface area (Å²) >= 11 is 0. The lowest BCUT2D eigenvalue weighted by atomic mass is 10.0. The second-order valence-electron chi connectivity index (χ2n) is 3.86. The minimum Gasteiger partial charge on any atom is -0.494 e. The van der Waals surface area contributed by atoms with E-state index in [1.807, 2.05) is 13.0 Å². The molecule has 0 fully saturated rings. The number of hydrogen-bond donors (Lipinski definition) is 0. The molecule has 0 aliphatic carbocycles. The van der Waals surface area contributed by atoms with Gasteiger partial charge >= 0.3 is 0 Å². The van der Waals surface area contributed by atoms with E-state index < -0.39 is 0 Å². The average Bonchev–Trinajstić information content (AvgIpc) is 2.24. The maximum Gasteiger partial charge on any atom is 0.120 e. The van der Waals surface area contributed by atoms with Crippen LogP contribution in [0.3, 0.4) is 0 Å². The van der Waals surface area contributed by atoms with Crippen molar-refractivity contribution in [3.05, 3.63) is 29.8 Å². The number of benzene rings is 1. The van der Waals surface area contributed by atoms with Gasteiger partial charge in [0, 0.05) is 24.3 Å². The molecule has 0 aromatic heterocycles. The number of anilines is 1. The molecule has 1 unspecified atom stereocenters. The van der Waals surface area contributed by atoms with Crippen LogP contribution in [0.5, 0.6) is 5.75 Å². The van der Waals surface area contributed by atoms with Crippen LogP contribution in [0.2, 0.25) is 0 Å². The van der Waals surface area contributed by atoms with Crippen LogP contribution in [-0.4, -0.2) is 19.7 Å². The zero-order valence-electron chi connectivity index (χ0n) is 9.53. The van der Waals surface area contributed by atoms with Gasteiger partial charge in [0.25, 0.3) is 0 Å². The van der Waals surface area contributed by atoms with E-state index >= 15 is 0 Å². The highest BCUT2D eigenvalue weighted by atomic mass is 16.5. The second-order valence-corrected chi connectivity index (χ2v) is 3.86. The summed E-state index contributed by atoms with van der Waals surface area (Å²) in [5, 5.41) is 0. The van der Waals surface area contributed by atoms with Crippen molar-refractivity contribution < 1.29 is 4.74 Å². The molecular weight excluding hydrogens is 186 g/mol. The first-order valence-corrected chi connectivity index (χ1v) is 5.40. The van der Waals surface area contributed by atoms with Crippen LogP contribution in [0.25, 0.3) is 6.08 Å². The molecule has 0 radical (unpaired) electrons. The maximum atomic E-state index is 5.48. The molecule has 0 N–H and O–H groups in total. The zero-order chi connectivity index (χ0) is 10.8. The van der Waals surface area contributed by atoms with Gasteiger partial charge in [-0.25, -0.2) is 0 Å². The molecular formula is C13H17NO. The minimum absolute atomic E-state index is 0.468. The standard InChI is InChI=1S/C13H17NO/c1-4-15-12-7-8-13-11(9-12)6-5-10(2)14(13)3/h5-10H,4H2,1-3H3. The van der Waals surface area contributed by atoms with Crippen molar-refractivity contribution >= 4 is 11.8 Å². The quantitative estimate of drug-likeness (QED) is 0.732. The summed E-state index contributed by atoms with van der Waals surface area (Å²) < 4.78 is 5.48. The first kappa shape index (κ1) is 10.1. The van der Waals surface area contributed by atoms with Gasteiger partial charge in [-0.2, -0.15) is 0 Å². The monoisotopic (exact) mass is 203 g/mol. The molecule has 0 saturated carbocycles. The Morgan fingerprint density at radius 1 is 1.40 bits per heavy atom. The summed E-state index contributed by atoms with van der Waals surface area (Å²) in [6.07, 6.45) is 4.38. The highest BCUT2D eigenvalue weighted by molar-refractivity contribution is 5.73. The van der Waals surface area contributed by atoms with Crippen LogP contribution < -0.4 is 9.64 Å². The summed E-state index contributed by atoms with van der Waals surface area (Å²) in [4.78, 5) is 2.27. The Bertz CT molecular complexity index is 384. The molecule has 0 bridgehead atoms. The molecule has 1 aliphatic heterocycles. The fraction of sp³-hybridized carbons (Fsp3) is 0.385. The second kappa shape index (κ2) is 3.97. The Kier molecular flexibility index (Phi) is 2.67. The Labute approximate surface area is 91.2 Å². The normalized spacial score (nSPS) is 18.9. The van der Waals surface area contributed by atoms with Crippen molar-refractivity contribution in [3.8, 4) is 5.75 Å². The van der Waals surface area contributed by atoms with Crippen LogP contribution in [0.4, 0.5) is 5.69 Å². The molecule has 1 aromatic rings. The number of rotatable bonds is 2. The van der Waals surface area contributed by atoms with Crippen molar-refractivity contribution in [1.29, 1.82) is 0 Å². The Morgan fingerprint density at radius 3 is 2.93 bits per heavy atom. The Balaban J connectivity index is 2.36. The molecule has 1 heterocycles. The topological polar surface area (TPSA) is 12.5 Å². The van der Waals surface area contributed by atoms with E-state index in [1.54, 1.807) is 0 Å². The van der Waals surface area contributed by atoms with Gasteiger partial charge in [-0.15, -0.1) is 0 Å². The fourth-order valence-electron chi connectivity index (χ4n) is 1.84. The molecule has 15 heavy (non-hydrogen) atoms. The third-order valence-corrected chi connectivity index (χ3v) is 2.86. The highest BCUT2D eigenvalue weighted by Crippen LogP contribution is 2.30. The molecule has 2 nitrogen and oxygen atoms in total. The molecule has 80 valence electrons. The molecule has 2 rings (SSSR count). The van der Waals surface area contributed by atoms with E-state index in [2.05, 4.69) is 43.2 Å². The Morgan fingerprint density at radius 2 is 2.20 bits per heavy atom. The third-order valence-electron chi connectivity index (χ3n) is 2.86. The Hall–Kier alpha value is -1.44. The molecule has 1 aliphatic rings. The fourth-order valence-corrected chi connectivity index (χ4v) is 1.84. The number of ether oxygens (including phenoxy) is 1. The van der Waals surface area contributed by atoms with Crippen LogP contribution in [0.1, 0.15) is 19.4 Å². The van der Waals surface area contributed by atoms with Crippen LogP contribution >= 0.6 is 0 Å². The molecule has 0 spiro atoms. The smallest absolute Gasteiger partial charge is 0.120 e. The lowest BCUT2D eigenvalue weighted by Crippen LogP contribution is -2.29. The predicted molar refractivity (Wildman–Crippen MR) is 64.5 cm³/mol. The van der Waals surface area contributed by atoms with Crippen molar-refractivity contribution in [2.75, 3.05) is 18.6 Å². The van der Waals surface area contributed by atoms with Gasteiger partial charge in [0.05, 0.1) is 6.61 Å². The molecule has 1 atom stereocenters. The summed E-state index contributed by atoms with van der Waals surface area (Å²) in [7, 11) is 2.12. The third kappa shape index (κ3) is 1.84. The lowest BCUT2D eigenvalue weighted by molar-refractivity contribution is 0.340. The number of hydrogen-bond acceptors (Lipinski definition) is 2. The van der Waals surface area contributed by atoms with Gasteiger partial charge in [-0.05, 0) is 32.0 Å². The van der Waals surface area contributed by atoms with Gasteiger partial charge in [0.15, 0.2) is 0 Å². The number of fused-ring (bicyclic) bond motifs is 1. The van der Waals surface area contributed by atoms with E-state index in [9.17, 15) is 0 Å². The molecule has 2 heteroatoms. The summed E-state index contributed by atoms with van der Waals surface area (Å²) in [6.45, 7) is 4.91. The summed E-state index contributed by atoms with van der Waals surface area (Å²) in [5.41, 5.74) is 2.51. The zero-order valence-corrected chi connectivity index (χ0v) is 9.53. The van der Waals surface area contributed by atoms with Gasteiger partial charge in [-0.1, -0.05) is 12.2 Å². The highest BCUT2D eigenvalue weighted by Gasteiger charge is 2.15. The maximum absolute atomic E-state index is 5.48. The van der Waals surface area contributed by atoms with Gasteiger partial charge < -0.3 is 9.64 Å². The van der Waals surface area contributed by atoms with Gasteiger partial charge in [0.2, 0.25) is 0 Å². The van der Waals surface area contributed by atoms with Crippen molar-refractivity contribution in [3.63, 3.8) is 0 Å². The molecule has 0 saturated heterocycles.